The van der Waals surface area contributed by atoms with Gasteiger partial charge in [-0.15, -0.1) is 0 Å². The van der Waals surface area contributed by atoms with Gasteiger partial charge in [-0.05, 0) is 81.4 Å². The average molecular weight is 446 g/mol. The fourth-order valence-corrected chi connectivity index (χ4v) is 4.38. The third-order valence-corrected chi connectivity index (χ3v) is 6.20. The molecule has 1 aliphatic carbocycles. The van der Waals surface area contributed by atoms with Crippen molar-refractivity contribution in [2.24, 2.45) is 5.92 Å². The van der Waals surface area contributed by atoms with Gasteiger partial charge in [0.2, 0.25) is 0 Å². The van der Waals surface area contributed by atoms with Gasteiger partial charge in [-0.2, -0.15) is 5.26 Å². The lowest BCUT2D eigenvalue weighted by Gasteiger charge is -2.29. The normalized spacial score (nSPS) is 18.6. The number of halogens is 4. The van der Waals surface area contributed by atoms with E-state index < -0.39 is 28.8 Å². The molecule has 1 saturated carbocycles. The first kappa shape index (κ1) is 23.8. The van der Waals surface area contributed by atoms with Crippen LogP contribution in [0.3, 0.4) is 0 Å². The van der Waals surface area contributed by atoms with Crippen molar-refractivity contribution >= 4 is 0 Å². The minimum atomic E-state index is -0.829. The monoisotopic (exact) mass is 445 g/mol. The van der Waals surface area contributed by atoms with Crippen molar-refractivity contribution in [1.82, 2.24) is 0 Å². The lowest BCUT2D eigenvalue weighted by Crippen LogP contribution is -2.15. The van der Waals surface area contributed by atoms with Gasteiger partial charge >= 0.3 is 0 Å². The lowest BCUT2D eigenvalue weighted by atomic mass is 9.76. The first-order valence-corrected chi connectivity index (χ1v) is 11.0. The maximum Gasteiger partial charge on any atom is 0.144 e. The number of nitrogens with zero attached hydrogens (tertiary/aromatic N) is 1. The van der Waals surface area contributed by atoms with E-state index in [0.29, 0.717) is 37.4 Å². The second-order valence-electron chi connectivity index (χ2n) is 8.30. The van der Waals surface area contributed by atoms with Crippen molar-refractivity contribution in [2.45, 2.75) is 57.8 Å². The summed E-state index contributed by atoms with van der Waals surface area (Å²) < 4.78 is 62.1. The van der Waals surface area contributed by atoms with Crippen molar-refractivity contribution in [2.75, 3.05) is 6.61 Å². The predicted molar refractivity (Wildman–Crippen MR) is 115 cm³/mol. The zero-order valence-corrected chi connectivity index (χ0v) is 18.1. The van der Waals surface area contributed by atoms with E-state index in [4.69, 9.17) is 10.00 Å². The molecule has 6 heteroatoms. The van der Waals surface area contributed by atoms with E-state index in [-0.39, 0.29) is 17.2 Å². The van der Waals surface area contributed by atoms with Crippen LogP contribution >= 0.6 is 0 Å². The van der Waals surface area contributed by atoms with Crippen LogP contribution in [0.15, 0.2) is 36.4 Å². The fourth-order valence-electron chi connectivity index (χ4n) is 4.38. The molecule has 2 nitrogen and oxygen atoms in total. The standard InChI is InChI=1S/C26H27F4NO/c1-2-3-4-11-32-20-14-25(29)21(26(30)15-20)10-7-17-5-8-18(9-6-17)19-12-23(27)22(16-31)24(28)13-19/h2-3,12-15,17-18H,4-11H2,1H3/b3-2+. The number of rotatable bonds is 8. The van der Waals surface area contributed by atoms with Crippen LogP contribution in [0.2, 0.25) is 0 Å². The molecular formula is C26H27F4NO. The van der Waals surface area contributed by atoms with E-state index in [1.54, 1.807) is 0 Å². The van der Waals surface area contributed by atoms with Gasteiger partial charge in [0, 0.05) is 17.7 Å². The Kier molecular flexibility index (Phi) is 8.33. The summed E-state index contributed by atoms with van der Waals surface area (Å²) in [6.45, 7) is 2.26. The molecule has 0 N–H and O–H groups in total. The Labute approximate surface area is 186 Å². The summed E-state index contributed by atoms with van der Waals surface area (Å²) in [6, 6.07) is 6.51. The Balaban J connectivity index is 1.53. The van der Waals surface area contributed by atoms with Crippen molar-refractivity contribution in [3.8, 4) is 11.8 Å². The Morgan fingerprint density at radius 1 is 0.969 bits per heavy atom. The molecule has 0 aromatic heterocycles. The maximum atomic E-state index is 14.4. The predicted octanol–water partition coefficient (Wildman–Crippen LogP) is 7.37. The first-order valence-electron chi connectivity index (χ1n) is 11.0. The van der Waals surface area contributed by atoms with E-state index >= 15 is 0 Å². The number of ether oxygens (including phenoxy) is 1. The second kappa shape index (κ2) is 11.2. The van der Waals surface area contributed by atoms with Crippen LogP contribution in [0.5, 0.6) is 5.75 Å². The molecule has 0 amide bonds. The third-order valence-electron chi connectivity index (χ3n) is 6.20. The van der Waals surface area contributed by atoms with E-state index in [1.807, 2.05) is 19.1 Å². The largest absolute Gasteiger partial charge is 0.493 e. The molecule has 1 aliphatic rings. The molecule has 0 bridgehead atoms. The number of nitriles is 1. The van der Waals surface area contributed by atoms with Crippen LogP contribution in [0.1, 0.15) is 68.1 Å². The van der Waals surface area contributed by atoms with Crippen LogP contribution in [0, 0.1) is 40.5 Å². The second-order valence-corrected chi connectivity index (χ2v) is 8.30. The first-order chi connectivity index (χ1) is 15.4. The molecule has 3 rings (SSSR count). The highest BCUT2D eigenvalue weighted by Crippen LogP contribution is 2.38. The molecule has 170 valence electrons. The highest BCUT2D eigenvalue weighted by Gasteiger charge is 2.25. The fraction of sp³-hybridized carbons (Fsp3) is 0.423. The quantitative estimate of drug-likeness (QED) is 0.241. The Morgan fingerprint density at radius 2 is 1.59 bits per heavy atom. The van der Waals surface area contributed by atoms with Gasteiger partial charge in [-0.25, -0.2) is 17.6 Å². The molecule has 0 saturated heterocycles. The summed E-state index contributed by atoms with van der Waals surface area (Å²) in [5.41, 5.74) is 0.0874. The van der Waals surface area contributed by atoms with Gasteiger partial charge in [0.15, 0.2) is 0 Å². The van der Waals surface area contributed by atoms with E-state index in [1.165, 1.54) is 30.3 Å². The van der Waals surface area contributed by atoms with Crippen molar-refractivity contribution in [3.63, 3.8) is 0 Å². The van der Waals surface area contributed by atoms with Gasteiger partial charge < -0.3 is 4.74 Å². The van der Waals surface area contributed by atoms with Crippen LogP contribution in [0.25, 0.3) is 0 Å². The number of allylic oxidation sites excluding steroid dienone is 1. The summed E-state index contributed by atoms with van der Waals surface area (Å²) in [6.07, 6.45) is 8.58. The molecule has 0 unspecified atom stereocenters. The number of benzene rings is 2. The minimum absolute atomic E-state index is 0.0236. The summed E-state index contributed by atoms with van der Waals surface area (Å²) in [4.78, 5) is 0. The van der Waals surface area contributed by atoms with Crippen LogP contribution in [-0.2, 0) is 6.42 Å². The third kappa shape index (κ3) is 5.91. The SMILES string of the molecule is C/C=C/CCOc1cc(F)c(CCC2CCC(c3cc(F)c(C#N)c(F)c3)CC2)c(F)c1. The van der Waals surface area contributed by atoms with E-state index in [9.17, 15) is 17.6 Å². The average Bonchev–Trinajstić information content (AvgIpc) is 2.76. The summed E-state index contributed by atoms with van der Waals surface area (Å²) in [5.74, 6) is -2.33. The summed E-state index contributed by atoms with van der Waals surface area (Å²) in [5, 5.41) is 8.81. The zero-order chi connectivity index (χ0) is 23.1. The van der Waals surface area contributed by atoms with E-state index in [0.717, 1.165) is 25.7 Å². The van der Waals surface area contributed by atoms with Gasteiger partial charge in [-0.1, -0.05) is 12.2 Å². The van der Waals surface area contributed by atoms with Crippen molar-refractivity contribution in [1.29, 1.82) is 5.26 Å². The molecular weight excluding hydrogens is 418 g/mol. The van der Waals surface area contributed by atoms with Gasteiger partial charge in [0.1, 0.15) is 40.7 Å². The van der Waals surface area contributed by atoms with Gasteiger partial charge in [0.25, 0.3) is 0 Å². The van der Waals surface area contributed by atoms with Crippen molar-refractivity contribution < 1.29 is 22.3 Å². The number of hydrogen-bond acceptors (Lipinski definition) is 2. The zero-order valence-electron chi connectivity index (χ0n) is 18.1. The van der Waals surface area contributed by atoms with Crippen molar-refractivity contribution in [3.05, 3.63) is 76.4 Å². The molecule has 2 aromatic rings. The Morgan fingerprint density at radius 3 is 2.16 bits per heavy atom. The molecule has 2 aromatic carbocycles. The molecule has 0 heterocycles. The molecule has 0 atom stereocenters. The van der Waals surface area contributed by atoms with E-state index in [2.05, 4.69) is 0 Å². The smallest absolute Gasteiger partial charge is 0.144 e. The number of hydrogen-bond donors (Lipinski definition) is 0. The topological polar surface area (TPSA) is 33.0 Å². The summed E-state index contributed by atoms with van der Waals surface area (Å²) in [7, 11) is 0. The van der Waals surface area contributed by atoms with Gasteiger partial charge in [0.05, 0.1) is 6.61 Å². The highest BCUT2D eigenvalue weighted by molar-refractivity contribution is 5.36. The van der Waals surface area contributed by atoms with Crippen LogP contribution in [0.4, 0.5) is 17.6 Å². The van der Waals surface area contributed by atoms with Gasteiger partial charge in [-0.3, -0.25) is 0 Å². The Hall–Kier alpha value is -2.81. The maximum absolute atomic E-state index is 14.4. The molecule has 0 spiro atoms. The Bertz CT molecular complexity index is 957. The molecule has 0 radical (unpaired) electrons. The minimum Gasteiger partial charge on any atom is -0.493 e. The molecule has 32 heavy (non-hydrogen) atoms. The van der Waals surface area contributed by atoms with Crippen LogP contribution < -0.4 is 4.74 Å². The van der Waals surface area contributed by atoms with Crippen LogP contribution in [-0.4, -0.2) is 6.61 Å². The highest BCUT2D eigenvalue weighted by atomic mass is 19.1. The summed E-state index contributed by atoms with van der Waals surface area (Å²) >= 11 is 0. The molecule has 1 fully saturated rings. The molecule has 0 aliphatic heterocycles. The lowest BCUT2D eigenvalue weighted by molar-refractivity contribution is 0.306.